The average molecular weight is 400 g/mol. The molecule has 6 nitrogen and oxygen atoms in total. The van der Waals surface area contributed by atoms with Crippen molar-refractivity contribution in [3.63, 3.8) is 0 Å². The number of morpholine rings is 1. The summed E-state index contributed by atoms with van der Waals surface area (Å²) in [6.07, 6.45) is 7.78. The fraction of sp³-hybridized carbons (Fsp3) is 0.609. The van der Waals surface area contributed by atoms with Gasteiger partial charge in [-0.1, -0.05) is 19.3 Å². The fourth-order valence-electron chi connectivity index (χ4n) is 5.03. The molecule has 0 aromatic carbocycles. The highest BCUT2D eigenvalue weighted by Gasteiger charge is 2.39. The van der Waals surface area contributed by atoms with E-state index in [0.717, 1.165) is 61.9 Å². The number of aromatic nitrogens is 1. The molecule has 1 saturated heterocycles. The van der Waals surface area contributed by atoms with Gasteiger partial charge >= 0.3 is 0 Å². The number of ether oxygens (including phenoxy) is 1. The Morgan fingerprint density at radius 1 is 1.17 bits per heavy atom. The van der Waals surface area contributed by atoms with E-state index < -0.39 is 0 Å². The molecule has 2 aromatic heterocycles. The van der Waals surface area contributed by atoms with Gasteiger partial charge < -0.3 is 19.0 Å². The Labute approximate surface area is 173 Å². The van der Waals surface area contributed by atoms with Crippen molar-refractivity contribution < 1.29 is 13.9 Å². The Hall–Kier alpha value is -2.05. The van der Waals surface area contributed by atoms with E-state index in [1.807, 2.05) is 32.0 Å². The minimum Gasteiger partial charge on any atom is -0.467 e. The first kappa shape index (κ1) is 20.2. The molecular formula is C23H33N3O3. The molecule has 3 heterocycles. The number of hydrogen-bond acceptors (Lipinski definition) is 4. The lowest BCUT2D eigenvalue weighted by Crippen LogP contribution is -2.59. The van der Waals surface area contributed by atoms with Crippen LogP contribution in [-0.2, 0) is 11.3 Å². The van der Waals surface area contributed by atoms with Gasteiger partial charge in [0.15, 0.2) is 0 Å². The van der Waals surface area contributed by atoms with Gasteiger partial charge in [0.1, 0.15) is 5.76 Å². The van der Waals surface area contributed by atoms with Gasteiger partial charge in [-0.3, -0.25) is 9.69 Å². The SMILES string of the molecule is Cc1cc(C(=O)NCC2(N3CCOCC3)CCCCC2)c(C)n1Cc1ccco1. The maximum absolute atomic E-state index is 13.1. The Morgan fingerprint density at radius 2 is 1.93 bits per heavy atom. The lowest BCUT2D eigenvalue weighted by Gasteiger charge is -2.48. The molecule has 1 N–H and O–H groups in total. The molecule has 2 aromatic rings. The quantitative estimate of drug-likeness (QED) is 0.808. The van der Waals surface area contributed by atoms with Crippen molar-refractivity contribution in [2.24, 2.45) is 0 Å². The standard InChI is InChI=1S/C23H33N3O3/c1-18-15-21(19(2)26(18)16-20-7-6-12-29-20)22(27)24-17-23(8-4-3-5-9-23)25-10-13-28-14-11-25/h6-7,12,15H,3-5,8-11,13-14,16-17H2,1-2H3,(H,24,27). The molecule has 1 amide bonds. The van der Waals surface area contributed by atoms with Crippen molar-refractivity contribution >= 4 is 5.91 Å². The van der Waals surface area contributed by atoms with Crippen LogP contribution in [0, 0.1) is 13.8 Å². The summed E-state index contributed by atoms with van der Waals surface area (Å²) >= 11 is 0. The average Bonchev–Trinajstić information content (AvgIpc) is 3.37. The molecule has 2 fully saturated rings. The summed E-state index contributed by atoms with van der Waals surface area (Å²) in [5, 5.41) is 3.29. The van der Waals surface area contributed by atoms with Gasteiger partial charge in [0.25, 0.3) is 5.91 Å². The van der Waals surface area contributed by atoms with Crippen LogP contribution >= 0.6 is 0 Å². The van der Waals surface area contributed by atoms with E-state index in [1.54, 1.807) is 6.26 Å². The number of furan rings is 1. The summed E-state index contributed by atoms with van der Waals surface area (Å²) in [4.78, 5) is 15.7. The monoisotopic (exact) mass is 399 g/mol. The number of nitrogens with zero attached hydrogens (tertiary/aromatic N) is 2. The van der Waals surface area contributed by atoms with E-state index in [1.165, 1.54) is 19.3 Å². The summed E-state index contributed by atoms with van der Waals surface area (Å²) in [7, 11) is 0. The topological polar surface area (TPSA) is 59.6 Å². The Morgan fingerprint density at radius 3 is 2.62 bits per heavy atom. The predicted octanol–water partition coefficient (Wildman–Crippen LogP) is 3.51. The van der Waals surface area contributed by atoms with E-state index in [2.05, 4.69) is 14.8 Å². The largest absolute Gasteiger partial charge is 0.467 e. The van der Waals surface area contributed by atoms with Crippen LogP contribution < -0.4 is 5.32 Å². The van der Waals surface area contributed by atoms with Crippen molar-refractivity contribution in [3.8, 4) is 0 Å². The first-order chi connectivity index (χ1) is 14.1. The fourth-order valence-corrected chi connectivity index (χ4v) is 5.03. The number of carbonyl (C=O) groups excluding carboxylic acids is 1. The van der Waals surface area contributed by atoms with Crippen molar-refractivity contribution in [3.05, 3.63) is 47.2 Å². The molecule has 0 unspecified atom stereocenters. The molecule has 158 valence electrons. The Kier molecular flexibility index (Phi) is 6.11. The summed E-state index contributed by atoms with van der Waals surface area (Å²) in [5.74, 6) is 0.925. The molecule has 0 bridgehead atoms. The molecule has 1 saturated carbocycles. The van der Waals surface area contributed by atoms with E-state index in [4.69, 9.17) is 9.15 Å². The molecule has 0 spiro atoms. The Bertz CT molecular complexity index is 813. The van der Waals surface area contributed by atoms with Crippen molar-refractivity contribution in [2.45, 2.75) is 58.0 Å². The van der Waals surface area contributed by atoms with Gasteiger partial charge in [0.05, 0.1) is 31.6 Å². The highest BCUT2D eigenvalue weighted by atomic mass is 16.5. The zero-order valence-electron chi connectivity index (χ0n) is 17.7. The van der Waals surface area contributed by atoms with Gasteiger partial charge in [0.2, 0.25) is 0 Å². The van der Waals surface area contributed by atoms with Gasteiger partial charge in [-0.25, -0.2) is 0 Å². The predicted molar refractivity (Wildman–Crippen MR) is 112 cm³/mol. The van der Waals surface area contributed by atoms with Crippen molar-refractivity contribution in [1.82, 2.24) is 14.8 Å². The van der Waals surface area contributed by atoms with Crippen LogP contribution in [0.15, 0.2) is 28.9 Å². The zero-order valence-corrected chi connectivity index (χ0v) is 17.7. The summed E-state index contributed by atoms with van der Waals surface area (Å²) in [6, 6.07) is 5.86. The van der Waals surface area contributed by atoms with Gasteiger partial charge in [-0.15, -0.1) is 0 Å². The Balaban J connectivity index is 1.47. The second kappa shape index (κ2) is 8.76. The van der Waals surface area contributed by atoms with Crippen molar-refractivity contribution in [1.29, 1.82) is 0 Å². The molecule has 6 heteroatoms. The maximum atomic E-state index is 13.1. The third kappa shape index (κ3) is 4.28. The maximum Gasteiger partial charge on any atom is 0.253 e. The highest BCUT2D eigenvalue weighted by molar-refractivity contribution is 5.95. The van der Waals surface area contributed by atoms with Crippen LogP contribution in [-0.4, -0.2) is 53.8 Å². The molecule has 1 aliphatic heterocycles. The minimum absolute atomic E-state index is 0.0296. The van der Waals surface area contributed by atoms with Gasteiger partial charge in [-0.2, -0.15) is 0 Å². The number of carbonyl (C=O) groups is 1. The molecule has 1 aliphatic carbocycles. The highest BCUT2D eigenvalue weighted by Crippen LogP contribution is 2.34. The third-order valence-corrected chi connectivity index (χ3v) is 6.76. The number of aryl methyl sites for hydroxylation is 1. The van der Waals surface area contributed by atoms with E-state index in [0.29, 0.717) is 13.1 Å². The molecule has 0 radical (unpaired) electrons. The zero-order chi connectivity index (χ0) is 20.3. The number of rotatable bonds is 6. The van der Waals surface area contributed by atoms with E-state index in [-0.39, 0.29) is 11.4 Å². The lowest BCUT2D eigenvalue weighted by atomic mass is 9.79. The number of hydrogen-bond donors (Lipinski definition) is 1. The number of nitrogens with one attached hydrogen (secondary N) is 1. The molecule has 29 heavy (non-hydrogen) atoms. The lowest BCUT2D eigenvalue weighted by molar-refractivity contribution is -0.0361. The van der Waals surface area contributed by atoms with Crippen LogP contribution in [0.5, 0.6) is 0 Å². The number of amides is 1. The van der Waals surface area contributed by atoms with Gasteiger partial charge in [0, 0.05) is 36.6 Å². The van der Waals surface area contributed by atoms with Crippen LogP contribution in [0.25, 0.3) is 0 Å². The second-order valence-corrected chi connectivity index (χ2v) is 8.52. The molecular weight excluding hydrogens is 366 g/mol. The molecule has 0 atom stereocenters. The van der Waals surface area contributed by atoms with Crippen molar-refractivity contribution in [2.75, 3.05) is 32.8 Å². The third-order valence-electron chi connectivity index (χ3n) is 6.76. The van der Waals surface area contributed by atoms with Crippen LogP contribution in [0.4, 0.5) is 0 Å². The second-order valence-electron chi connectivity index (χ2n) is 8.52. The normalized spacial score (nSPS) is 19.9. The van der Waals surface area contributed by atoms with Crippen LogP contribution in [0.3, 0.4) is 0 Å². The van der Waals surface area contributed by atoms with Crippen LogP contribution in [0.1, 0.15) is 59.6 Å². The van der Waals surface area contributed by atoms with E-state index in [9.17, 15) is 4.79 Å². The summed E-state index contributed by atoms with van der Waals surface area (Å²) < 4.78 is 13.2. The first-order valence-electron chi connectivity index (χ1n) is 10.9. The molecule has 2 aliphatic rings. The first-order valence-corrected chi connectivity index (χ1v) is 10.9. The summed E-state index contributed by atoms with van der Waals surface area (Å²) in [6.45, 7) is 8.95. The van der Waals surface area contributed by atoms with Crippen LogP contribution in [0.2, 0.25) is 0 Å². The minimum atomic E-state index is 0.0296. The van der Waals surface area contributed by atoms with Gasteiger partial charge in [-0.05, 0) is 44.9 Å². The molecule has 4 rings (SSSR count). The smallest absolute Gasteiger partial charge is 0.253 e. The summed E-state index contributed by atoms with van der Waals surface area (Å²) in [5.41, 5.74) is 2.91. The van der Waals surface area contributed by atoms with E-state index >= 15 is 0 Å².